The normalized spacial score (nSPS) is 25.8. The molecule has 1 aliphatic heterocycles. The first-order valence-electron chi connectivity index (χ1n) is 6.30. The zero-order valence-corrected chi connectivity index (χ0v) is 13.0. The van der Waals surface area contributed by atoms with Crippen molar-refractivity contribution in [2.45, 2.75) is 44.8 Å². The molecule has 0 radical (unpaired) electrons. The lowest BCUT2D eigenvalue weighted by molar-refractivity contribution is -0.149. The minimum Gasteiger partial charge on any atom is -0.479 e. The van der Waals surface area contributed by atoms with Gasteiger partial charge in [-0.1, -0.05) is 0 Å². The molecular weight excluding hydrogens is 286 g/mol. The van der Waals surface area contributed by atoms with E-state index in [9.17, 15) is 23.1 Å². The van der Waals surface area contributed by atoms with Crippen LogP contribution < -0.4 is 0 Å². The lowest BCUT2D eigenvalue weighted by atomic mass is 9.94. The van der Waals surface area contributed by atoms with E-state index in [0.29, 0.717) is 0 Å². The SMILES string of the molecule is CN(C(=O)OC(C)(C)C)C1(C(=O)O)CCCS(=O)(=O)C1. The minimum absolute atomic E-state index is 0.0514. The van der Waals surface area contributed by atoms with Crippen LogP contribution >= 0.6 is 0 Å². The molecule has 8 heteroatoms. The summed E-state index contributed by atoms with van der Waals surface area (Å²) < 4.78 is 28.6. The zero-order chi connectivity index (χ0) is 15.8. The van der Waals surface area contributed by atoms with Gasteiger partial charge in [-0.25, -0.2) is 18.0 Å². The molecule has 0 aliphatic carbocycles. The lowest BCUT2D eigenvalue weighted by Crippen LogP contribution is -2.61. The zero-order valence-electron chi connectivity index (χ0n) is 12.2. The van der Waals surface area contributed by atoms with Crippen molar-refractivity contribution in [2.75, 3.05) is 18.6 Å². The average molecular weight is 307 g/mol. The number of likely N-dealkylation sites (N-methyl/N-ethyl adjacent to an activating group) is 1. The number of carboxylic acid groups (broad SMARTS) is 1. The van der Waals surface area contributed by atoms with Gasteiger partial charge in [0.15, 0.2) is 15.4 Å². The fourth-order valence-electron chi connectivity index (χ4n) is 2.17. The van der Waals surface area contributed by atoms with Gasteiger partial charge in [0.25, 0.3) is 0 Å². The van der Waals surface area contributed by atoms with Gasteiger partial charge in [-0.05, 0) is 33.6 Å². The Bertz CT molecular complexity index is 507. The molecule has 1 heterocycles. The summed E-state index contributed by atoms with van der Waals surface area (Å²) in [5, 5.41) is 9.42. The van der Waals surface area contributed by atoms with Crippen molar-refractivity contribution in [2.24, 2.45) is 0 Å². The van der Waals surface area contributed by atoms with Crippen molar-refractivity contribution < 1.29 is 27.9 Å². The van der Waals surface area contributed by atoms with E-state index in [1.165, 1.54) is 7.05 Å². The number of hydrogen-bond donors (Lipinski definition) is 1. The fourth-order valence-corrected chi connectivity index (χ4v) is 4.09. The van der Waals surface area contributed by atoms with Gasteiger partial charge in [0, 0.05) is 7.05 Å². The van der Waals surface area contributed by atoms with Crippen molar-refractivity contribution in [3.63, 3.8) is 0 Å². The fraction of sp³-hybridized carbons (Fsp3) is 0.833. The van der Waals surface area contributed by atoms with E-state index in [4.69, 9.17) is 4.74 Å². The van der Waals surface area contributed by atoms with Gasteiger partial charge in [0.2, 0.25) is 0 Å². The summed E-state index contributed by atoms with van der Waals surface area (Å²) in [6, 6.07) is 0. The third-order valence-corrected chi connectivity index (χ3v) is 5.04. The van der Waals surface area contributed by atoms with Gasteiger partial charge in [0.1, 0.15) is 5.60 Å². The Morgan fingerprint density at radius 3 is 2.25 bits per heavy atom. The van der Waals surface area contributed by atoms with Crippen molar-refractivity contribution in [3.8, 4) is 0 Å². The Morgan fingerprint density at radius 2 is 1.85 bits per heavy atom. The van der Waals surface area contributed by atoms with Gasteiger partial charge >= 0.3 is 12.1 Å². The summed E-state index contributed by atoms with van der Waals surface area (Å²) in [5.41, 5.74) is -2.53. The number of rotatable bonds is 2. The van der Waals surface area contributed by atoms with Gasteiger partial charge in [-0.15, -0.1) is 0 Å². The highest BCUT2D eigenvalue weighted by Crippen LogP contribution is 2.30. The second kappa shape index (κ2) is 5.23. The number of carbonyl (C=O) groups excluding carboxylic acids is 1. The quantitative estimate of drug-likeness (QED) is 0.813. The van der Waals surface area contributed by atoms with E-state index >= 15 is 0 Å². The molecule has 1 aliphatic rings. The number of carboxylic acids is 1. The molecule has 0 aromatic carbocycles. The molecule has 1 fully saturated rings. The molecule has 0 saturated carbocycles. The molecule has 116 valence electrons. The number of sulfone groups is 1. The smallest absolute Gasteiger partial charge is 0.411 e. The average Bonchev–Trinajstić information content (AvgIpc) is 2.23. The van der Waals surface area contributed by atoms with Crippen molar-refractivity contribution in [3.05, 3.63) is 0 Å². The van der Waals surface area contributed by atoms with Crippen LogP contribution in [-0.4, -0.2) is 60.2 Å². The minimum atomic E-state index is -3.49. The maximum Gasteiger partial charge on any atom is 0.411 e. The van der Waals surface area contributed by atoms with Crippen LogP contribution in [0.15, 0.2) is 0 Å². The van der Waals surface area contributed by atoms with Crippen molar-refractivity contribution >= 4 is 21.9 Å². The van der Waals surface area contributed by atoms with Gasteiger partial charge < -0.3 is 9.84 Å². The standard InChI is InChI=1S/C12H21NO6S/c1-11(2,3)19-10(16)13(4)12(9(14)15)6-5-7-20(17,18)8-12/h5-8H2,1-4H3,(H,14,15). The second-order valence-corrected chi connectivity index (χ2v) is 8.26. The van der Waals surface area contributed by atoms with Crippen LogP contribution in [-0.2, 0) is 19.4 Å². The van der Waals surface area contributed by atoms with Crippen molar-refractivity contribution in [1.82, 2.24) is 4.90 Å². The number of aliphatic carboxylic acids is 1. The molecule has 20 heavy (non-hydrogen) atoms. The lowest BCUT2D eigenvalue weighted by Gasteiger charge is -2.40. The summed E-state index contributed by atoms with van der Waals surface area (Å²) in [5.74, 6) is -1.95. The summed E-state index contributed by atoms with van der Waals surface area (Å²) in [7, 11) is -2.22. The summed E-state index contributed by atoms with van der Waals surface area (Å²) >= 11 is 0. The molecule has 1 N–H and O–H groups in total. The van der Waals surface area contributed by atoms with Crippen LogP contribution in [0.2, 0.25) is 0 Å². The van der Waals surface area contributed by atoms with Crippen LogP contribution in [0.5, 0.6) is 0 Å². The van der Waals surface area contributed by atoms with Gasteiger partial charge in [-0.3, -0.25) is 4.90 Å². The number of carbonyl (C=O) groups is 2. The summed E-state index contributed by atoms with van der Waals surface area (Å²) in [4.78, 5) is 24.5. The Morgan fingerprint density at radius 1 is 1.30 bits per heavy atom. The van der Waals surface area contributed by atoms with E-state index in [1.54, 1.807) is 20.8 Å². The molecule has 0 aromatic rings. The molecule has 1 rings (SSSR count). The van der Waals surface area contributed by atoms with Crippen LogP contribution in [0.25, 0.3) is 0 Å². The van der Waals surface area contributed by atoms with E-state index in [1.807, 2.05) is 0 Å². The van der Waals surface area contributed by atoms with E-state index in [-0.39, 0.29) is 18.6 Å². The first-order valence-corrected chi connectivity index (χ1v) is 8.12. The van der Waals surface area contributed by atoms with Gasteiger partial charge in [-0.2, -0.15) is 0 Å². The number of hydrogen-bond acceptors (Lipinski definition) is 5. The topological polar surface area (TPSA) is 101 Å². The largest absolute Gasteiger partial charge is 0.479 e. The van der Waals surface area contributed by atoms with E-state index in [0.717, 1.165) is 4.90 Å². The van der Waals surface area contributed by atoms with Gasteiger partial charge in [0.05, 0.1) is 11.5 Å². The third-order valence-electron chi connectivity index (χ3n) is 3.21. The molecular formula is C12H21NO6S. The first-order chi connectivity index (χ1) is 8.90. The molecule has 1 unspecified atom stereocenters. The van der Waals surface area contributed by atoms with Crippen LogP contribution in [0.3, 0.4) is 0 Å². The highest BCUT2D eigenvalue weighted by molar-refractivity contribution is 7.91. The summed E-state index contributed by atoms with van der Waals surface area (Å²) in [6.07, 6.45) is -0.531. The molecule has 0 aromatic heterocycles. The van der Waals surface area contributed by atoms with Crippen LogP contribution in [0, 0.1) is 0 Å². The number of amides is 1. The van der Waals surface area contributed by atoms with E-state index < -0.39 is 38.8 Å². The monoisotopic (exact) mass is 307 g/mol. The highest BCUT2D eigenvalue weighted by atomic mass is 32.2. The summed E-state index contributed by atoms with van der Waals surface area (Å²) in [6.45, 7) is 4.97. The maximum atomic E-state index is 12.0. The predicted octanol–water partition coefficient (Wildman–Crippen LogP) is 0.885. The predicted molar refractivity (Wildman–Crippen MR) is 72.3 cm³/mol. The molecule has 0 spiro atoms. The Hall–Kier alpha value is -1.31. The molecule has 1 amide bonds. The molecule has 7 nitrogen and oxygen atoms in total. The Labute approximate surface area is 118 Å². The maximum absolute atomic E-state index is 12.0. The Balaban J connectivity index is 3.08. The second-order valence-electron chi connectivity index (χ2n) is 6.07. The highest BCUT2D eigenvalue weighted by Gasteiger charge is 2.51. The number of nitrogens with zero attached hydrogens (tertiary/aromatic N) is 1. The molecule has 1 atom stereocenters. The molecule has 0 bridgehead atoms. The third kappa shape index (κ3) is 3.62. The van der Waals surface area contributed by atoms with E-state index in [2.05, 4.69) is 0 Å². The molecule has 1 saturated heterocycles. The van der Waals surface area contributed by atoms with Crippen molar-refractivity contribution in [1.29, 1.82) is 0 Å². The first kappa shape index (κ1) is 16.7. The van der Waals surface area contributed by atoms with Crippen LogP contribution in [0.1, 0.15) is 33.6 Å². The number of ether oxygens (including phenoxy) is 1. The van der Waals surface area contributed by atoms with Crippen LogP contribution in [0.4, 0.5) is 4.79 Å². The Kier molecular flexibility index (Phi) is 4.38.